The number of hydrogen-bond acceptors (Lipinski definition) is 4. The molecule has 1 heterocycles. The summed E-state index contributed by atoms with van der Waals surface area (Å²) in [6.45, 7) is 0.958. The van der Waals surface area contributed by atoms with Crippen molar-refractivity contribution in [1.82, 2.24) is 9.62 Å². The molecular formula is C12H23ClN2O4S. The fraction of sp³-hybridized carbons (Fsp3) is 0.917. The average Bonchev–Trinajstić information content (AvgIpc) is 2.39. The summed E-state index contributed by atoms with van der Waals surface area (Å²) in [5.41, 5.74) is 0. The van der Waals surface area contributed by atoms with E-state index in [-0.39, 0.29) is 24.3 Å². The third-order valence-electron chi connectivity index (χ3n) is 3.27. The van der Waals surface area contributed by atoms with E-state index in [4.69, 9.17) is 16.3 Å². The molecule has 0 aliphatic carbocycles. The van der Waals surface area contributed by atoms with Gasteiger partial charge in [-0.2, -0.15) is 0 Å². The van der Waals surface area contributed by atoms with E-state index in [0.29, 0.717) is 44.7 Å². The summed E-state index contributed by atoms with van der Waals surface area (Å²) in [6.07, 6.45) is 2.59. The number of sulfonamides is 1. The molecule has 1 saturated heterocycles. The smallest absolute Gasteiger partial charge is 0.246 e. The Hall–Kier alpha value is -0.370. The minimum Gasteiger partial charge on any atom is -0.375 e. The molecule has 0 aromatic rings. The van der Waals surface area contributed by atoms with E-state index in [1.54, 1.807) is 0 Å². The number of unbranched alkanes of at least 4 members (excludes halogenated alkanes) is 1. The number of ether oxygens (including phenoxy) is 1. The van der Waals surface area contributed by atoms with Gasteiger partial charge in [-0.15, -0.1) is 11.6 Å². The summed E-state index contributed by atoms with van der Waals surface area (Å²) in [7, 11) is -1.71. The predicted octanol–water partition coefficient (Wildman–Crippen LogP) is 0.562. The van der Waals surface area contributed by atoms with Crippen molar-refractivity contribution in [3.8, 4) is 0 Å². The number of carbonyl (C=O) groups excluding carboxylic acids is 1. The molecule has 1 aliphatic heterocycles. The van der Waals surface area contributed by atoms with Crippen LogP contribution in [0.4, 0.5) is 0 Å². The van der Waals surface area contributed by atoms with Crippen LogP contribution in [0.25, 0.3) is 0 Å². The minimum atomic E-state index is -3.18. The Balaban J connectivity index is 2.35. The molecule has 0 aromatic carbocycles. The molecule has 1 rings (SSSR count). The lowest BCUT2D eigenvalue weighted by Crippen LogP contribution is -2.47. The summed E-state index contributed by atoms with van der Waals surface area (Å²) in [4.78, 5) is 11.4. The monoisotopic (exact) mass is 326 g/mol. The molecule has 1 amide bonds. The van der Waals surface area contributed by atoms with Crippen molar-refractivity contribution in [3.63, 3.8) is 0 Å². The van der Waals surface area contributed by atoms with Crippen molar-refractivity contribution in [1.29, 1.82) is 0 Å². The normalized spacial score (nSPS) is 18.1. The molecule has 0 radical (unpaired) electrons. The lowest BCUT2D eigenvalue weighted by atomic mass is 10.1. The van der Waals surface area contributed by atoms with Gasteiger partial charge in [0.1, 0.15) is 6.61 Å². The van der Waals surface area contributed by atoms with Gasteiger partial charge >= 0.3 is 0 Å². The van der Waals surface area contributed by atoms with Crippen LogP contribution in [0.2, 0.25) is 0 Å². The number of piperidine rings is 1. The minimum absolute atomic E-state index is 0.0342. The van der Waals surface area contributed by atoms with Crippen molar-refractivity contribution in [2.24, 2.45) is 0 Å². The molecule has 8 heteroatoms. The molecular weight excluding hydrogens is 304 g/mol. The van der Waals surface area contributed by atoms with E-state index in [9.17, 15) is 13.2 Å². The standard InChI is InChI=1S/C12H23ClN2O4S/c1-19-10-12(16)14-11-4-7-15(8-5-11)20(17,18)9-3-2-6-13/h11H,2-10H2,1H3,(H,14,16). The van der Waals surface area contributed by atoms with Gasteiger partial charge in [-0.05, 0) is 25.7 Å². The molecule has 0 aromatic heterocycles. The zero-order chi connectivity index (χ0) is 15.0. The van der Waals surface area contributed by atoms with Crippen molar-refractivity contribution < 1.29 is 17.9 Å². The summed E-state index contributed by atoms with van der Waals surface area (Å²) in [6, 6.07) is 0.0342. The van der Waals surface area contributed by atoms with Crippen LogP contribution in [0.5, 0.6) is 0 Å². The van der Waals surface area contributed by atoms with Crippen LogP contribution < -0.4 is 5.32 Å². The van der Waals surface area contributed by atoms with Crippen LogP contribution in [0, 0.1) is 0 Å². The first kappa shape index (κ1) is 17.7. The summed E-state index contributed by atoms with van der Waals surface area (Å²) in [5.74, 6) is 0.486. The molecule has 1 N–H and O–H groups in total. The fourth-order valence-electron chi connectivity index (χ4n) is 2.19. The lowest BCUT2D eigenvalue weighted by molar-refractivity contribution is -0.125. The molecule has 20 heavy (non-hydrogen) atoms. The van der Waals surface area contributed by atoms with E-state index in [1.165, 1.54) is 11.4 Å². The van der Waals surface area contributed by atoms with Gasteiger partial charge in [0, 0.05) is 32.1 Å². The second kappa shape index (κ2) is 8.81. The predicted molar refractivity (Wildman–Crippen MR) is 78.4 cm³/mol. The van der Waals surface area contributed by atoms with Gasteiger partial charge in [-0.3, -0.25) is 4.79 Å². The topological polar surface area (TPSA) is 75.7 Å². The van der Waals surface area contributed by atoms with Crippen LogP contribution in [0.3, 0.4) is 0 Å². The van der Waals surface area contributed by atoms with Crippen LogP contribution >= 0.6 is 11.6 Å². The van der Waals surface area contributed by atoms with Crippen LogP contribution in [-0.4, -0.2) is 63.1 Å². The number of rotatable bonds is 8. The number of amides is 1. The first-order chi connectivity index (χ1) is 9.49. The van der Waals surface area contributed by atoms with Crippen molar-refractivity contribution >= 4 is 27.5 Å². The number of nitrogens with one attached hydrogen (secondary N) is 1. The maximum atomic E-state index is 12.1. The number of nitrogens with zero attached hydrogens (tertiary/aromatic N) is 1. The van der Waals surface area contributed by atoms with Crippen LogP contribution in [0.1, 0.15) is 25.7 Å². The van der Waals surface area contributed by atoms with Crippen LogP contribution in [0.15, 0.2) is 0 Å². The summed E-state index contributed by atoms with van der Waals surface area (Å²) in [5, 5.41) is 2.84. The van der Waals surface area contributed by atoms with Gasteiger partial charge < -0.3 is 10.1 Å². The Kier molecular flexibility index (Phi) is 7.79. The highest BCUT2D eigenvalue weighted by atomic mass is 35.5. The van der Waals surface area contributed by atoms with E-state index in [2.05, 4.69) is 5.32 Å². The Morgan fingerprint density at radius 1 is 1.35 bits per heavy atom. The Bertz CT molecular complexity index is 394. The van der Waals surface area contributed by atoms with E-state index < -0.39 is 10.0 Å². The van der Waals surface area contributed by atoms with Crippen molar-refractivity contribution in [2.45, 2.75) is 31.7 Å². The first-order valence-corrected chi connectivity index (χ1v) is 8.96. The molecule has 1 aliphatic rings. The molecule has 0 atom stereocenters. The number of alkyl halides is 1. The average molecular weight is 327 g/mol. The van der Waals surface area contributed by atoms with Gasteiger partial charge in [0.2, 0.25) is 15.9 Å². The quantitative estimate of drug-likeness (QED) is 0.522. The number of carbonyl (C=O) groups is 1. The molecule has 0 spiro atoms. The maximum Gasteiger partial charge on any atom is 0.246 e. The Labute approximate surface area is 125 Å². The van der Waals surface area contributed by atoms with Gasteiger partial charge in [-0.1, -0.05) is 0 Å². The zero-order valence-corrected chi connectivity index (χ0v) is 13.4. The lowest BCUT2D eigenvalue weighted by Gasteiger charge is -2.31. The SMILES string of the molecule is COCC(=O)NC1CCN(S(=O)(=O)CCCCCl)CC1. The summed E-state index contributed by atoms with van der Waals surface area (Å²) < 4.78 is 30.4. The first-order valence-electron chi connectivity index (χ1n) is 6.81. The van der Waals surface area contributed by atoms with Crippen molar-refractivity contribution in [3.05, 3.63) is 0 Å². The number of halogens is 1. The second-order valence-corrected chi connectivity index (χ2v) is 7.35. The molecule has 0 saturated carbocycles. The Morgan fingerprint density at radius 2 is 2.00 bits per heavy atom. The van der Waals surface area contributed by atoms with E-state index in [0.717, 1.165) is 0 Å². The van der Waals surface area contributed by atoms with Crippen LogP contribution in [-0.2, 0) is 19.6 Å². The highest BCUT2D eigenvalue weighted by molar-refractivity contribution is 7.89. The molecule has 0 unspecified atom stereocenters. The van der Waals surface area contributed by atoms with Gasteiger partial charge in [0.25, 0.3) is 0 Å². The van der Waals surface area contributed by atoms with Gasteiger partial charge in [-0.25, -0.2) is 12.7 Å². The largest absolute Gasteiger partial charge is 0.375 e. The molecule has 1 fully saturated rings. The Morgan fingerprint density at radius 3 is 2.55 bits per heavy atom. The fourth-order valence-corrected chi connectivity index (χ4v) is 3.97. The highest BCUT2D eigenvalue weighted by Crippen LogP contribution is 2.15. The zero-order valence-electron chi connectivity index (χ0n) is 11.8. The highest BCUT2D eigenvalue weighted by Gasteiger charge is 2.28. The van der Waals surface area contributed by atoms with E-state index in [1.807, 2.05) is 0 Å². The maximum absolute atomic E-state index is 12.1. The number of methoxy groups -OCH3 is 1. The molecule has 6 nitrogen and oxygen atoms in total. The third-order valence-corrected chi connectivity index (χ3v) is 5.50. The van der Waals surface area contributed by atoms with E-state index >= 15 is 0 Å². The number of hydrogen-bond donors (Lipinski definition) is 1. The summed E-state index contributed by atoms with van der Waals surface area (Å²) >= 11 is 5.55. The molecule has 0 bridgehead atoms. The van der Waals surface area contributed by atoms with Gasteiger partial charge in [0.05, 0.1) is 5.75 Å². The third kappa shape index (κ3) is 5.95. The van der Waals surface area contributed by atoms with Crippen molar-refractivity contribution in [2.75, 3.05) is 38.4 Å². The van der Waals surface area contributed by atoms with Gasteiger partial charge in [0.15, 0.2) is 0 Å². The molecule has 118 valence electrons. The second-order valence-electron chi connectivity index (χ2n) is 4.89.